The summed E-state index contributed by atoms with van der Waals surface area (Å²) in [6.45, 7) is 4.54. The Morgan fingerprint density at radius 1 is 1.19 bits per heavy atom. The zero-order valence-corrected chi connectivity index (χ0v) is 15.4. The Balaban J connectivity index is 2.21. The van der Waals surface area contributed by atoms with Crippen molar-refractivity contribution in [2.45, 2.75) is 77.1 Å². The highest BCUT2D eigenvalue weighted by molar-refractivity contribution is 5.66. The van der Waals surface area contributed by atoms with Crippen molar-refractivity contribution in [2.75, 3.05) is 0 Å². The number of alkyl halides is 3. The molecule has 26 heavy (non-hydrogen) atoms. The van der Waals surface area contributed by atoms with Crippen LogP contribution >= 0.6 is 0 Å². The minimum absolute atomic E-state index is 0.0921. The van der Waals surface area contributed by atoms with E-state index in [2.05, 4.69) is 0 Å². The van der Waals surface area contributed by atoms with Crippen LogP contribution in [-0.4, -0.2) is 22.0 Å². The topological polar surface area (TPSA) is 49.8 Å². The summed E-state index contributed by atoms with van der Waals surface area (Å²) in [5, 5.41) is 10.1. The number of amides is 1. The highest BCUT2D eigenvalue weighted by Crippen LogP contribution is 2.41. The molecule has 1 amide bonds. The second-order valence-corrected chi connectivity index (χ2v) is 7.79. The SMILES string of the molecule is CC(C)(C)OC(=O)N(O)Cc1ccc(C2CCCCC2)c(C(F)(F)F)c1. The predicted octanol–water partition coefficient (Wildman–Crippen LogP) is 5.88. The maximum atomic E-state index is 13.5. The Morgan fingerprint density at radius 3 is 2.35 bits per heavy atom. The van der Waals surface area contributed by atoms with E-state index >= 15 is 0 Å². The van der Waals surface area contributed by atoms with E-state index in [1.54, 1.807) is 20.8 Å². The maximum absolute atomic E-state index is 13.5. The van der Waals surface area contributed by atoms with Gasteiger partial charge in [0, 0.05) is 0 Å². The van der Waals surface area contributed by atoms with Crippen LogP contribution < -0.4 is 0 Å². The van der Waals surface area contributed by atoms with Crippen LogP contribution in [0.2, 0.25) is 0 Å². The lowest BCUT2D eigenvalue weighted by atomic mass is 9.81. The Kier molecular flexibility index (Phi) is 6.21. The van der Waals surface area contributed by atoms with Crippen LogP contribution in [-0.2, 0) is 17.5 Å². The third-order valence-electron chi connectivity index (χ3n) is 4.40. The first kappa shape index (κ1) is 20.6. The average molecular weight is 373 g/mol. The molecule has 0 saturated heterocycles. The van der Waals surface area contributed by atoms with Gasteiger partial charge in [0.05, 0.1) is 12.1 Å². The molecule has 0 aromatic heterocycles. The summed E-state index contributed by atoms with van der Waals surface area (Å²) in [7, 11) is 0. The zero-order chi connectivity index (χ0) is 19.5. The number of benzene rings is 1. The van der Waals surface area contributed by atoms with Gasteiger partial charge in [-0.2, -0.15) is 18.2 Å². The molecule has 1 fully saturated rings. The molecule has 4 nitrogen and oxygen atoms in total. The van der Waals surface area contributed by atoms with Crippen molar-refractivity contribution >= 4 is 6.09 Å². The van der Waals surface area contributed by atoms with Crippen LogP contribution in [0.1, 0.15) is 75.5 Å². The van der Waals surface area contributed by atoms with E-state index in [-0.39, 0.29) is 18.0 Å². The minimum Gasteiger partial charge on any atom is -0.442 e. The van der Waals surface area contributed by atoms with E-state index in [9.17, 15) is 23.2 Å². The van der Waals surface area contributed by atoms with Gasteiger partial charge in [0.25, 0.3) is 0 Å². The van der Waals surface area contributed by atoms with Crippen molar-refractivity contribution in [1.29, 1.82) is 0 Å². The number of hydroxylamine groups is 2. The van der Waals surface area contributed by atoms with Crippen LogP contribution in [0, 0.1) is 0 Å². The molecular formula is C19H26F3NO3. The largest absolute Gasteiger partial charge is 0.442 e. The van der Waals surface area contributed by atoms with Gasteiger partial charge in [-0.05, 0) is 56.7 Å². The first-order valence-electron chi connectivity index (χ1n) is 8.87. The van der Waals surface area contributed by atoms with Crippen LogP contribution in [0.25, 0.3) is 0 Å². The third-order valence-corrected chi connectivity index (χ3v) is 4.40. The van der Waals surface area contributed by atoms with Gasteiger partial charge in [0.1, 0.15) is 5.60 Å². The Morgan fingerprint density at radius 2 is 1.81 bits per heavy atom. The molecule has 0 unspecified atom stereocenters. The van der Waals surface area contributed by atoms with Gasteiger partial charge in [0.2, 0.25) is 0 Å². The molecule has 1 aromatic carbocycles. The number of hydrogen-bond acceptors (Lipinski definition) is 3. The number of rotatable bonds is 3. The fourth-order valence-corrected chi connectivity index (χ4v) is 3.27. The fraction of sp³-hybridized carbons (Fsp3) is 0.632. The Hall–Kier alpha value is -1.76. The molecule has 1 aliphatic rings. The molecule has 0 aliphatic heterocycles. The van der Waals surface area contributed by atoms with E-state index in [1.165, 1.54) is 12.1 Å². The molecule has 1 N–H and O–H groups in total. The lowest BCUT2D eigenvalue weighted by Gasteiger charge is -2.26. The van der Waals surface area contributed by atoms with Gasteiger partial charge in [-0.1, -0.05) is 31.4 Å². The molecule has 1 saturated carbocycles. The summed E-state index contributed by atoms with van der Waals surface area (Å²) in [6, 6.07) is 4.04. The molecule has 0 bridgehead atoms. The smallest absolute Gasteiger partial charge is 0.434 e. The highest BCUT2D eigenvalue weighted by Gasteiger charge is 2.36. The van der Waals surface area contributed by atoms with Crippen molar-refractivity contribution in [3.63, 3.8) is 0 Å². The minimum atomic E-state index is -4.48. The van der Waals surface area contributed by atoms with Crippen LogP contribution in [0.4, 0.5) is 18.0 Å². The summed E-state index contributed by atoms with van der Waals surface area (Å²) in [5.74, 6) is -0.0921. The molecule has 0 heterocycles. The van der Waals surface area contributed by atoms with Gasteiger partial charge >= 0.3 is 12.3 Å². The molecule has 0 spiro atoms. The predicted molar refractivity (Wildman–Crippen MR) is 90.8 cm³/mol. The Bertz CT molecular complexity index is 632. The number of halogens is 3. The van der Waals surface area contributed by atoms with E-state index in [0.29, 0.717) is 10.6 Å². The average Bonchev–Trinajstić information content (AvgIpc) is 2.53. The van der Waals surface area contributed by atoms with Gasteiger partial charge in [0.15, 0.2) is 0 Å². The molecule has 1 aliphatic carbocycles. The quantitative estimate of drug-likeness (QED) is 0.532. The lowest BCUT2D eigenvalue weighted by Crippen LogP contribution is -2.34. The molecule has 1 aromatic rings. The summed E-state index contributed by atoms with van der Waals surface area (Å²) in [4.78, 5) is 11.8. The van der Waals surface area contributed by atoms with E-state index in [0.717, 1.165) is 38.2 Å². The van der Waals surface area contributed by atoms with Gasteiger partial charge in [-0.15, -0.1) is 0 Å². The molecular weight excluding hydrogens is 347 g/mol. The first-order chi connectivity index (χ1) is 12.0. The Labute approximate surface area is 151 Å². The number of carbonyl (C=O) groups is 1. The lowest BCUT2D eigenvalue weighted by molar-refractivity contribution is -0.138. The second-order valence-electron chi connectivity index (χ2n) is 7.79. The number of nitrogens with zero attached hydrogens (tertiary/aromatic N) is 1. The number of carbonyl (C=O) groups excluding carboxylic acids is 1. The zero-order valence-electron chi connectivity index (χ0n) is 15.4. The van der Waals surface area contributed by atoms with E-state index in [4.69, 9.17) is 4.74 Å². The second kappa shape index (κ2) is 7.86. The summed E-state index contributed by atoms with van der Waals surface area (Å²) < 4.78 is 45.6. The standard InChI is InChI=1S/C19H26F3NO3/c1-18(2,3)26-17(24)23(25)12-13-9-10-15(14-7-5-4-6-8-14)16(11-13)19(20,21)22/h9-11,14,25H,4-8,12H2,1-3H3. The van der Waals surface area contributed by atoms with Crippen molar-refractivity contribution in [2.24, 2.45) is 0 Å². The van der Waals surface area contributed by atoms with Gasteiger partial charge in [-0.3, -0.25) is 5.21 Å². The molecule has 7 heteroatoms. The van der Waals surface area contributed by atoms with Crippen LogP contribution in [0.3, 0.4) is 0 Å². The van der Waals surface area contributed by atoms with Crippen molar-refractivity contribution < 1.29 is 27.9 Å². The maximum Gasteiger partial charge on any atom is 0.434 e. The van der Waals surface area contributed by atoms with Gasteiger partial charge < -0.3 is 4.74 Å². The molecule has 0 atom stereocenters. The molecule has 2 rings (SSSR count). The number of ether oxygens (including phenoxy) is 1. The summed E-state index contributed by atoms with van der Waals surface area (Å²) in [5.41, 5.74) is -0.979. The van der Waals surface area contributed by atoms with E-state index < -0.39 is 23.4 Å². The summed E-state index contributed by atoms with van der Waals surface area (Å²) >= 11 is 0. The third kappa shape index (κ3) is 5.62. The van der Waals surface area contributed by atoms with Gasteiger partial charge in [-0.25, -0.2) is 4.79 Å². The van der Waals surface area contributed by atoms with Crippen molar-refractivity contribution in [3.05, 3.63) is 34.9 Å². The first-order valence-corrected chi connectivity index (χ1v) is 8.87. The molecule has 146 valence electrons. The molecule has 0 radical (unpaired) electrons. The van der Waals surface area contributed by atoms with Crippen LogP contribution in [0.15, 0.2) is 18.2 Å². The van der Waals surface area contributed by atoms with Crippen molar-refractivity contribution in [3.8, 4) is 0 Å². The fourth-order valence-electron chi connectivity index (χ4n) is 3.27. The summed E-state index contributed by atoms with van der Waals surface area (Å²) in [6.07, 6.45) is -1.03. The van der Waals surface area contributed by atoms with Crippen LogP contribution in [0.5, 0.6) is 0 Å². The van der Waals surface area contributed by atoms with E-state index in [1.807, 2.05) is 0 Å². The number of hydrogen-bond donors (Lipinski definition) is 1. The monoisotopic (exact) mass is 373 g/mol. The highest BCUT2D eigenvalue weighted by atomic mass is 19.4. The van der Waals surface area contributed by atoms with Crippen molar-refractivity contribution in [1.82, 2.24) is 5.06 Å². The normalized spacial score (nSPS) is 16.4.